The number of carbonyl (C=O) groups is 2. The first kappa shape index (κ1) is 38.5. The number of ketones is 1. The van der Waals surface area contributed by atoms with Gasteiger partial charge in [0.15, 0.2) is 40.4 Å². The summed E-state index contributed by atoms with van der Waals surface area (Å²) in [6.45, 7) is 6.55. The van der Waals surface area contributed by atoms with E-state index in [0.717, 1.165) is 16.2 Å². The summed E-state index contributed by atoms with van der Waals surface area (Å²) in [6, 6.07) is 6.40. The van der Waals surface area contributed by atoms with Crippen LogP contribution < -0.4 is 18.9 Å². The van der Waals surface area contributed by atoms with E-state index < -0.39 is 41.6 Å². The van der Waals surface area contributed by atoms with Crippen LogP contribution in [0, 0.1) is 17.0 Å². The van der Waals surface area contributed by atoms with Crippen LogP contribution in [0.15, 0.2) is 24.3 Å². The Balaban J connectivity index is 1.44. The number of benzene rings is 2. The second-order valence-electron chi connectivity index (χ2n) is 12.6. The highest BCUT2D eigenvalue weighted by molar-refractivity contribution is 7.55. The number of thiophene rings is 2. The number of aliphatic carboxylic acids is 1. The molecule has 0 spiro atoms. The number of rotatable bonds is 18. The molecule has 2 aromatic carbocycles. The van der Waals surface area contributed by atoms with E-state index in [-0.39, 0.29) is 59.3 Å². The highest BCUT2D eigenvalue weighted by atomic mass is 32.1. The standard InChI is InChI=1S/C34H41F2O10PS2/c1-33(2,32(38)39)18-22(37)27-15-21-26(49-27)17-24(42-6)31(29(21)36)46-13-9-12-45-30-23(41-5)16-25-20(28(30)35)14-19(48-25)10-11-34(3,4)47(40,43-7)44-8/h14-17H,9-13,18H2,1-8H3,(H,38,39). The Hall–Kier alpha value is -3.29. The van der Waals surface area contributed by atoms with Gasteiger partial charge in [-0.05, 0) is 52.7 Å². The van der Waals surface area contributed by atoms with Crippen molar-refractivity contribution in [1.29, 1.82) is 0 Å². The van der Waals surface area contributed by atoms with Crippen LogP contribution in [0.25, 0.3) is 20.2 Å². The second-order valence-corrected chi connectivity index (χ2v) is 17.8. The molecule has 0 saturated carbocycles. The van der Waals surface area contributed by atoms with Crippen molar-refractivity contribution in [1.82, 2.24) is 0 Å². The Morgan fingerprint density at radius 1 is 0.816 bits per heavy atom. The summed E-state index contributed by atoms with van der Waals surface area (Å²) in [5.74, 6) is -2.67. The molecule has 0 amide bonds. The van der Waals surface area contributed by atoms with Gasteiger partial charge in [0.25, 0.3) is 0 Å². The molecule has 0 aliphatic rings. The normalized spacial score (nSPS) is 12.4. The number of ether oxygens (including phenoxy) is 4. The molecule has 0 aliphatic carbocycles. The van der Waals surface area contributed by atoms with Crippen LogP contribution in [0.5, 0.6) is 23.0 Å². The maximum absolute atomic E-state index is 15.7. The zero-order valence-electron chi connectivity index (χ0n) is 28.7. The van der Waals surface area contributed by atoms with Gasteiger partial charge in [0.2, 0.25) is 0 Å². The third kappa shape index (κ3) is 8.04. The van der Waals surface area contributed by atoms with Crippen LogP contribution in [0.1, 0.15) is 61.5 Å². The fourth-order valence-corrected chi connectivity index (χ4v) is 8.82. The predicted octanol–water partition coefficient (Wildman–Crippen LogP) is 9.14. The molecular weight excluding hydrogens is 701 g/mol. The summed E-state index contributed by atoms with van der Waals surface area (Å²) in [4.78, 5) is 25.4. The highest BCUT2D eigenvalue weighted by Crippen LogP contribution is 2.60. The van der Waals surface area contributed by atoms with Crippen molar-refractivity contribution >= 4 is 62.2 Å². The summed E-state index contributed by atoms with van der Waals surface area (Å²) in [5.41, 5.74) is -1.27. The average Bonchev–Trinajstić information content (AvgIpc) is 3.69. The van der Waals surface area contributed by atoms with Crippen molar-refractivity contribution in [3.05, 3.63) is 45.7 Å². The van der Waals surface area contributed by atoms with Crippen LogP contribution in [0.3, 0.4) is 0 Å². The number of hydrogen-bond acceptors (Lipinski definition) is 11. The van der Waals surface area contributed by atoms with E-state index in [1.165, 1.54) is 59.7 Å². The summed E-state index contributed by atoms with van der Waals surface area (Å²) < 4.78 is 78.1. The molecular formula is C34H41F2O10PS2. The molecule has 0 aliphatic heterocycles. The summed E-state index contributed by atoms with van der Waals surface area (Å²) in [7, 11) is 2.17. The molecule has 0 bridgehead atoms. The molecule has 268 valence electrons. The first-order valence-corrected chi connectivity index (χ1v) is 18.5. The number of methoxy groups -OCH3 is 2. The van der Waals surface area contributed by atoms with E-state index in [1.807, 2.05) is 13.8 Å². The van der Waals surface area contributed by atoms with E-state index >= 15 is 8.78 Å². The minimum absolute atomic E-state index is 0.00111. The van der Waals surface area contributed by atoms with Gasteiger partial charge in [-0.15, -0.1) is 22.7 Å². The number of carbonyl (C=O) groups excluding carboxylic acids is 1. The number of carboxylic acids is 1. The van der Waals surface area contributed by atoms with E-state index in [0.29, 0.717) is 27.6 Å². The van der Waals surface area contributed by atoms with Crippen molar-refractivity contribution in [2.45, 2.75) is 58.5 Å². The number of halogens is 2. The Kier molecular flexibility index (Phi) is 12.0. The lowest BCUT2D eigenvalue weighted by molar-refractivity contribution is -0.146. The van der Waals surface area contributed by atoms with Gasteiger partial charge < -0.3 is 33.1 Å². The zero-order chi connectivity index (χ0) is 36.3. The lowest BCUT2D eigenvalue weighted by Gasteiger charge is -2.30. The molecule has 0 saturated heterocycles. The number of carboxylic acid groups (broad SMARTS) is 1. The fraction of sp³-hybridized carbons (Fsp3) is 0.471. The number of Topliss-reactive ketones (excluding diaryl/α,β-unsaturated/α-hetero) is 1. The van der Waals surface area contributed by atoms with Crippen LogP contribution >= 0.6 is 30.3 Å². The van der Waals surface area contributed by atoms with Crippen LogP contribution in [0.2, 0.25) is 0 Å². The Morgan fingerprint density at radius 3 is 1.82 bits per heavy atom. The Bertz CT molecular complexity index is 1890. The molecule has 2 aromatic heterocycles. The molecule has 0 unspecified atom stereocenters. The molecule has 1 N–H and O–H groups in total. The molecule has 10 nitrogen and oxygen atoms in total. The van der Waals surface area contributed by atoms with Crippen LogP contribution in [-0.4, -0.2) is 63.7 Å². The maximum Gasteiger partial charge on any atom is 0.335 e. The van der Waals surface area contributed by atoms with Gasteiger partial charge in [-0.1, -0.05) is 0 Å². The molecule has 0 atom stereocenters. The molecule has 4 rings (SSSR count). The van der Waals surface area contributed by atoms with Crippen LogP contribution in [-0.2, 0) is 24.8 Å². The molecule has 49 heavy (non-hydrogen) atoms. The molecule has 15 heteroatoms. The Morgan fingerprint density at radius 2 is 1.33 bits per heavy atom. The largest absolute Gasteiger partial charge is 0.493 e. The first-order valence-electron chi connectivity index (χ1n) is 15.3. The average molecular weight is 743 g/mol. The molecule has 0 fully saturated rings. The van der Waals surface area contributed by atoms with Gasteiger partial charge in [0.05, 0.1) is 42.9 Å². The monoisotopic (exact) mass is 742 g/mol. The fourth-order valence-electron chi connectivity index (χ4n) is 5.19. The quantitative estimate of drug-likeness (QED) is 0.0599. The summed E-state index contributed by atoms with van der Waals surface area (Å²) >= 11 is 2.45. The topological polar surface area (TPSA) is 127 Å². The van der Waals surface area contributed by atoms with E-state index in [4.69, 9.17) is 28.0 Å². The van der Waals surface area contributed by atoms with Gasteiger partial charge in [-0.25, -0.2) is 8.78 Å². The van der Waals surface area contributed by atoms with Crippen LogP contribution in [0.4, 0.5) is 8.78 Å². The van der Waals surface area contributed by atoms with Crippen molar-refractivity contribution in [3.8, 4) is 23.0 Å². The van der Waals surface area contributed by atoms with Crippen molar-refractivity contribution in [2.75, 3.05) is 41.7 Å². The number of fused-ring (bicyclic) bond motifs is 2. The maximum atomic E-state index is 15.7. The number of hydrogen-bond donors (Lipinski definition) is 1. The third-order valence-corrected chi connectivity index (χ3v) is 13.2. The summed E-state index contributed by atoms with van der Waals surface area (Å²) in [6.07, 6.45) is 1.02. The summed E-state index contributed by atoms with van der Waals surface area (Å²) in [5, 5.41) is 9.14. The van der Waals surface area contributed by atoms with E-state index in [1.54, 1.807) is 18.2 Å². The lowest BCUT2D eigenvalue weighted by Crippen LogP contribution is -2.26. The van der Waals surface area contributed by atoms with E-state index in [9.17, 15) is 19.3 Å². The molecule has 4 aromatic rings. The van der Waals surface area contributed by atoms with Crippen molar-refractivity contribution in [3.63, 3.8) is 0 Å². The third-order valence-electron chi connectivity index (χ3n) is 8.30. The SMILES string of the molecule is COc1cc2sc(CCC(C)(C)P(=O)(OC)OC)cc2c(F)c1OCCCOc1c(OC)cc2sc(C(=O)CC(C)(C)C(=O)O)cc2c1F. The van der Waals surface area contributed by atoms with Gasteiger partial charge in [0, 0.05) is 64.2 Å². The van der Waals surface area contributed by atoms with Crippen molar-refractivity contribution in [2.24, 2.45) is 5.41 Å². The second kappa shape index (κ2) is 15.3. The predicted molar refractivity (Wildman–Crippen MR) is 187 cm³/mol. The first-order chi connectivity index (χ1) is 23.0. The zero-order valence-corrected chi connectivity index (χ0v) is 31.2. The Labute approximate surface area is 291 Å². The van der Waals surface area contributed by atoms with Gasteiger partial charge >= 0.3 is 13.6 Å². The highest BCUT2D eigenvalue weighted by Gasteiger charge is 2.41. The smallest absolute Gasteiger partial charge is 0.335 e. The molecule has 2 heterocycles. The van der Waals surface area contributed by atoms with Gasteiger partial charge in [-0.2, -0.15) is 0 Å². The minimum atomic E-state index is -3.33. The van der Waals surface area contributed by atoms with Gasteiger partial charge in [-0.3, -0.25) is 14.2 Å². The van der Waals surface area contributed by atoms with Crippen molar-refractivity contribution < 1.29 is 56.0 Å². The van der Waals surface area contributed by atoms with E-state index in [2.05, 4.69) is 0 Å². The minimum Gasteiger partial charge on any atom is -0.493 e. The molecule has 0 radical (unpaired) electrons. The number of aryl methyl sites for hydroxylation is 1. The lowest BCUT2D eigenvalue weighted by atomic mass is 9.87. The van der Waals surface area contributed by atoms with Gasteiger partial charge in [0.1, 0.15) is 0 Å².